The first-order chi connectivity index (χ1) is 8.38. The average Bonchev–Trinajstić information content (AvgIpc) is 2.57. The van der Waals surface area contributed by atoms with Gasteiger partial charge in [-0.05, 0) is 13.1 Å². The number of likely N-dealkylation sites (N-methyl/N-ethyl adjacent to an activating group) is 1. The lowest BCUT2D eigenvalue weighted by atomic mass is 10.2. The number of sulfonamides is 1. The zero-order valence-corrected chi connectivity index (χ0v) is 10.9. The maximum atomic E-state index is 11.4. The maximum absolute atomic E-state index is 11.4. The molecule has 18 heavy (non-hydrogen) atoms. The van der Waals surface area contributed by atoms with E-state index < -0.39 is 20.9 Å². The molecule has 0 spiro atoms. The standard InChI is InChI=1S/C10H15N3O4S/c1-12-2-4-13(5-3-12)7-8-6-9(10(14)15)18(16,17)11-8/h6H,2-5,7H2,1H3,(H,14,15). The van der Waals surface area contributed by atoms with Gasteiger partial charge in [-0.15, -0.1) is 0 Å². The van der Waals surface area contributed by atoms with Crippen LogP contribution in [0.15, 0.2) is 15.4 Å². The number of aliphatic carboxylic acids is 1. The number of hydrogen-bond donors (Lipinski definition) is 1. The Morgan fingerprint density at radius 3 is 2.50 bits per heavy atom. The van der Waals surface area contributed by atoms with E-state index in [9.17, 15) is 13.2 Å². The van der Waals surface area contributed by atoms with Crippen molar-refractivity contribution in [1.29, 1.82) is 0 Å². The Morgan fingerprint density at radius 2 is 2.00 bits per heavy atom. The summed E-state index contributed by atoms with van der Waals surface area (Å²) in [5.41, 5.74) is 0.303. The summed E-state index contributed by atoms with van der Waals surface area (Å²) < 4.78 is 26.4. The first-order valence-corrected chi connectivity index (χ1v) is 7.02. The molecule has 0 aromatic heterocycles. The van der Waals surface area contributed by atoms with Crippen LogP contribution in [0.25, 0.3) is 0 Å². The topological polar surface area (TPSA) is 90.3 Å². The van der Waals surface area contributed by atoms with Crippen LogP contribution in [-0.4, -0.2) is 74.8 Å². The van der Waals surface area contributed by atoms with E-state index in [0.29, 0.717) is 12.3 Å². The van der Waals surface area contributed by atoms with E-state index in [1.54, 1.807) is 0 Å². The molecule has 0 amide bonds. The van der Waals surface area contributed by atoms with Crippen molar-refractivity contribution in [3.05, 3.63) is 11.0 Å². The second-order valence-electron chi connectivity index (χ2n) is 4.45. The minimum atomic E-state index is -3.98. The molecule has 0 bridgehead atoms. The minimum Gasteiger partial charge on any atom is -0.477 e. The summed E-state index contributed by atoms with van der Waals surface area (Å²) in [6.45, 7) is 3.85. The molecule has 1 saturated heterocycles. The van der Waals surface area contributed by atoms with Gasteiger partial charge in [-0.3, -0.25) is 4.90 Å². The molecule has 0 aromatic carbocycles. The summed E-state index contributed by atoms with van der Waals surface area (Å²) >= 11 is 0. The fourth-order valence-electron chi connectivity index (χ4n) is 1.94. The SMILES string of the molecule is CN1CCN(CC2=NS(=O)(=O)C(C(=O)O)=C2)CC1. The number of piperazine rings is 1. The third kappa shape index (κ3) is 2.77. The Morgan fingerprint density at radius 1 is 1.39 bits per heavy atom. The Hall–Kier alpha value is -1.25. The van der Waals surface area contributed by atoms with E-state index >= 15 is 0 Å². The molecular formula is C10H15N3O4S. The predicted molar refractivity (Wildman–Crippen MR) is 66.0 cm³/mol. The van der Waals surface area contributed by atoms with Crippen LogP contribution in [0.4, 0.5) is 0 Å². The molecule has 100 valence electrons. The van der Waals surface area contributed by atoms with Crippen LogP contribution in [0, 0.1) is 0 Å². The number of hydrogen-bond acceptors (Lipinski definition) is 5. The molecule has 2 aliphatic rings. The quantitative estimate of drug-likeness (QED) is 0.708. The smallest absolute Gasteiger partial charge is 0.349 e. The molecular weight excluding hydrogens is 258 g/mol. The number of carbonyl (C=O) groups is 1. The molecule has 2 aliphatic heterocycles. The summed E-state index contributed by atoms with van der Waals surface area (Å²) in [4.78, 5) is 14.4. The molecule has 1 fully saturated rings. The van der Waals surface area contributed by atoms with E-state index in [2.05, 4.69) is 14.2 Å². The lowest BCUT2D eigenvalue weighted by Gasteiger charge is -2.31. The average molecular weight is 273 g/mol. The van der Waals surface area contributed by atoms with Crippen molar-refractivity contribution in [1.82, 2.24) is 9.80 Å². The summed E-state index contributed by atoms with van der Waals surface area (Å²) in [5.74, 6) is -1.45. The zero-order valence-electron chi connectivity index (χ0n) is 10.0. The van der Waals surface area contributed by atoms with Crippen LogP contribution in [0.5, 0.6) is 0 Å². The van der Waals surface area contributed by atoms with Gasteiger partial charge in [-0.2, -0.15) is 12.8 Å². The molecule has 0 aromatic rings. The minimum absolute atomic E-state index is 0.303. The van der Waals surface area contributed by atoms with Gasteiger partial charge in [0.1, 0.15) is 0 Å². The lowest BCUT2D eigenvalue weighted by molar-refractivity contribution is -0.131. The highest BCUT2D eigenvalue weighted by Gasteiger charge is 2.31. The van der Waals surface area contributed by atoms with E-state index in [0.717, 1.165) is 32.3 Å². The molecule has 0 aliphatic carbocycles. The first kappa shape index (κ1) is 13.2. The van der Waals surface area contributed by atoms with E-state index in [1.165, 1.54) is 0 Å². The van der Waals surface area contributed by atoms with Crippen molar-refractivity contribution in [2.75, 3.05) is 39.8 Å². The lowest BCUT2D eigenvalue weighted by Crippen LogP contribution is -2.45. The van der Waals surface area contributed by atoms with E-state index in [1.807, 2.05) is 7.05 Å². The van der Waals surface area contributed by atoms with Gasteiger partial charge in [-0.1, -0.05) is 0 Å². The number of rotatable bonds is 3. The number of nitrogens with zero attached hydrogens (tertiary/aromatic N) is 3. The van der Waals surface area contributed by atoms with Crippen molar-refractivity contribution in [3.63, 3.8) is 0 Å². The summed E-state index contributed by atoms with van der Waals surface area (Å²) in [7, 11) is -1.96. The Bertz CT molecular complexity index is 515. The highest BCUT2D eigenvalue weighted by atomic mass is 32.2. The van der Waals surface area contributed by atoms with Crippen molar-refractivity contribution in [2.24, 2.45) is 4.40 Å². The molecule has 0 saturated carbocycles. The normalized spacial score (nSPS) is 24.7. The maximum Gasteiger partial charge on any atom is 0.349 e. The van der Waals surface area contributed by atoms with Gasteiger partial charge >= 0.3 is 5.97 Å². The van der Waals surface area contributed by atoms with Gasteiger partial charge in [0, 0.05) is 32.7 Å². The van der Waals surface area contributed by atoms with Crippen molar-refractivity contribution in [2.45, 2.75) is 0 Å². The third-order valence-electron chi connectivity index (χ3n) is 3.01. The number of carboxylic acids is 1. The van der Waals surface area contributed by atoms with Gasteiger partial charge in [0.05, 0.1) is 5.71 Å². The highest BCUT2D eigenvalue weighted by Crippen LogP contribution is 2.17. The third-order valence-corrected chi connectivity index (χ3v) is 4.33. The van der Waals surface area contributed by atoms with Crippen LogP contribution in [0.3, 0.4) is 0 Å². The molecule has 0 radical (unpaired) electrons. The fourth-order valence-corrected chi connectivity index (χ4v) is 2.96. The fraction of sp³-hybridized carbons (Fsp3) is 0.600. The van der Waals surface area contributed by atoms with Gasteiger partial charge in [0.2, 0.25) is 0 Å². The summed E-state index contributed by atoms with van der Waals surface area (Å²) in [6.07, 6.45) is 1.15. The van der Waals surface area contributed by atoms with Crippen molar-refractivity contribution in [3.8, 4) is 0 Å². The molecule has 2 heterocycles. The second-order valence-corrected chi connectivity index (χ2v) is 6.02. The Balaban J connectivity index is 2.06. The summed E-state index contributed by atoms with van der Waals surface area (Å²) in [5, 5.41) is 8.77. The summed E-state index contributed by atoms with van der Waals surface area (Å²) in [6, 6.07) is 0. The molecule has 8 heteroatoms. The Kier molecular flexibility index (Phi) is 3.51. The van der Waals surface area contributed by atoms with Crippen LogP contribution in [0.1, 0.15) is 0 Å². The zero-order chi connectivity index (χ0) is 13.3. The Labute approximate surface area is 105 Å². The van der Waals surface area contributed by atoms with Gasteiger partial charge < -0.3 is 10.0 Å². The molecule has 2 rings (SSSR count). The van der Waals surface area contributed by atoms with Crippen LogP contribution in [0.2, 0.25) is 0 Å². The van der Waals surface area contributed by atoms with Crippen molar-refractivity contribution >= 4 is 21.7 Å². The first-order valence-electron chi connectivity index (χ1n) is 5.58. The van der Waals surface area contributed by atoms with Gasteiger partial charge in [0.25, 0.3) is 10.0 Å². The van der Waals surface area contributed by atoms with E-state index in [4.69, 9.17) is 5.11 Å². The molecule has 1 N–H and O–H groups in total. The molecule has 0 unspecified atom stereocenters. The van der Waals surface area contributed by atoms with Gasteiger partial charge in [0.15, 0.2) is 4.91 Å². The molecule has 7 nitrogen and oxygen atoms in total. The van der Waals surface area contributed by atoms with Crippen LogP contribution < -0.4 is 0 Å². The monoisotopic (exact) mass is 273 g/mol. The second kappa shape index (κ2) is 4.79. The van der Waals surface area contributed by atoms with E-state index in [-0.39, 0.29) is 0 Å². The molecule has 0 atom stereocenters. The van der Waals surface area contributed by atoms with Crippen LogP contribution in [-0.2, 0) is 14.8 Å². The van der Waals surface area contributed by atoms with Crippen LogP contribution >= 0.6 is 0 Å². The predicted octanol–water partition coefficient (Wildman–Crippen LogP) is -1.01. The van der Waals surface area contributed by atoms with Crippen molar-refractivity contribution < 1.29 is 18.3 Å². The largest absolute Gasteiger partial charge is 0.477 e. The number of carboxylic acid groups (broad SMARTS) is 1. The van der Waals surface area contributed by atoms with Gasteiger partial charge in [-0.25, -0.2) is 4.79 Å². The highest BCUT2D eigenvalue weighted by molar-refractivity contribution is 7.95.